The molecule has 0 bridgehead atoms. The Morgan fingerprint density at radius 3 is 2.74 bits per heavy atom. The van der Waals surface area contributed by atoms with Gasteiger partial charge in [0.1, 0.15) is 5.56 Å². The van der Waals surface area contributed by atoms with Crippen molar-refractivity contribution in [1.29, 1.82) is 0 Å². The van der Waals surface area contributed by atoms with E-state index in [0.29, 0.717) is 21.4 Å². The van der Waals surface area contributed by atoms with Crippen molar-refractivity contribution in [1.82, 2.24) is 9.97 Å². The number of hydrogen-bond donors (Lipinski definition) is 1. The first kappa shape index (κ1) is 13.6. The number of amides is 1. The first-order chi connectivity index (χ1) is 9.04. The molecule has 98 valence electrons. The SMILES string of the molecule is COc1nc(-c2cccc(Cl)c2Cl)ncc1C(N)=O. The van der Waals surface area contributed by atoms with Crippen LogP contribution in [0.25, 0.3) is 11.4 Å². The Balaban J connectivity index is 2.58. The van der Waals surface area contributed by atoms with Crippen molar-refractivity contribution in [2.75, 3.05) is 7.11 Å². The lowest BCUT2D eigenvalue weighted by Crippen LogP contribution is -2.14. The molecule has 0 aliphatic heterocycles. The zero-order chi connectivity index (χ0) is 14.0. The number of nitrogens with two attached hydrogens (primary N) is 1. The molecule has 0 saturated carbocycles. The van der Waals surface area contributed by atoms with Crippen LogP contribution in [-0.4, -0.2) is 23.0 Å². The summed E-state index contributed by atoms with van der Waals surface area (Å²) >= 11 is 12.0. The fraction of sp³-hybridized carbons (Fsp3) is 0.0833. The van der Waals surface area contributed by atoms with E-state index in [-0.39, 0.29) is 11.4 Å². The van der Waals surface area contributed by atoms with Gasteiger partial charge in [0.05, 0.1) is 17.2 Å². The van der Waals surface area contributed by atoms with Gasteiger partial charge >= 0.3 is 0 Å². The molecule has 0 radical (unpaired) electrons. The van der Waals surface area contributed by atoms with Crippen molar-refractivity contribution in [2.24, 2.45) is 5.73 Å². The predicted octanol–water partition coefficient (Wildman–Crippen LogP) is 2.56. The summed E-state index contributed by atoms with van der Waals surface area (Å²) in [5, 5.41) is 0.721. The highest BCUT2D eigenvalue weighted by Gasteiger charge is 2.15. The van der Waals surface area contributed by atoms with Gasteiger partial charge in [-0.15, -0.1) is 0 Å². The molecule has 1 amide bonds. The van der Waals surface area contributed by atoms with Gasteiger partial charge in [0, 0.05) is 11.8 Å². The van der Waals surface area contributed by atoms with Crippen molar-refractivity contribution in [3.8, 4) is 17.3 Å². The zero-order valence-electron chi connectivity index (χ0n) is 9.85. The molecule has 19 heavy (non-hydrogen) atoms. The topological polar surface area (TPSA) is 78.1 Å². The van der Waals surface area contributed by atoms with Crippen molar-refractivity contribution < 1.29 is 9.53 Å². The van der Waals surface area contributed by atoms with E-state index in [0.717, 1.165) is 0 Å². The van der Waals surface area contributed by atoms with Crippen LogP contribution in [0.2, 0.25) is 10.0 Å². The number of halogens is 2. The fourth-order valence-corrected chi connectivity index (χ4v) is 1.88. The van der Waals surface area contributed by atoms with Crippen LogP contribution >= 0.6 is 23.2 Å². The molecule has 2 aromatic rings. The zero-order valence-corrected chi connectivity index (χ0v) is 11.4. The van der Waals surface area contributed by atoms with Crippen LogP contribution in [0.5, 0.6) is 5.88 Å². The molecule has 1 aromatic heterocycles. The monoisotopic (exact) mass is 297 g/mol. The maximum absolute atomic E-state index is 11.2. The Labute approximate surface area is 119 Å². The molecular formula is C12H9Cl2N3O2. The standard InChI is InChI=1S/C12H9Cl2N3O2/c1-19-12-7(10(15)18)5-16-11(17-12)6-3-2-4-8(13)9(6)14/h2-5H,1H3,(H2,15,18). The van der Waals surface area contributed by atoms with E-state index in [1.165, 1.54) is 13.3 Å². The van der Waals surface area contributed by atoms with Crippen LogP contribution in [-0.2, 0) is 0 Å². The number of rotatable bonds is 3. The summed E-state index contributed by atoms with van der Waals surface area (Å²) in [5.74, 6) is -0.275. The van der Waals surface area contributed by atoms with Gasteiger partial charge in [0.2, 0.25) is 5.88 Å². The highest BCUT2D eigenvalue weighted by molar-refractivity contribution is 6.43. The molecule has 0 spiro atoms. The van der Waals surface area contributed by atoms with Crippen LogP contribution < -0.4 is 10.5 Å². The molecule has 5 nitrogen and oxygen atoms in total. The maximum Gasteiger partial charge on any atom is 0.255 e. The number of ether oxygens (including phenoxy) is 1. The maximum atomic E-state index is 11.2. The molecule has 0 fully saturated rings. The number of methoxy groups -OCH3 is 1. The minimum atomic E-state index is -0.666. The Morgan fingerprint density at radius 2 is 2.11 bits per heavy atom. The molecule has 0 atom stereocenters. The van der Waals surface area contributed by atoms with Crippen molar-refractivity contribution in [3.05, 3.63) is 40.0 Å². The van der Waals surface area contributed by atoms with Crippen molar-refractivity contribution in [2.45, 2.75) is 0 Å². The van der Waals surface area contributed by atoms with Crippen LogP contribution in [0.15, 0.2) is 24.4 Å². The van der Waals surface area contributed by atoms with E-state index < -0.39 is 5.91 Å². The van der Waals surface area contributed by atoms with Gasteiger partial charge in [-0.2, -0.15) is 4.98 Å². The van der Waals surface area contributed by atoms with Crippen LogP contribution in [0.3, 0.4) is 0 Å². The summed E-state index contributed by atoms with van der Waals surface area (Å²) in [6.45, 7) is 0. The van der Waals surface area contributed by atoms with Crippen LogP contribution in [0, 0.1) is 0 Å². The van der Waals surface area contributed by atoms with E-state index in [9.17, 15) is 4.79 Å². The van der Waals surface area contributed by atoms with Gasteiger partial charge in [0.15, 0.2) is 5.82 Å². The number of carbonyl (C=O) groups is 1. The van der Waals surface area contributed by atoms with Gasteiger partial charge in [-0.25, -0.2) is 4.98 Å². The molecule has 0 aliphatic rings. The quantitative estimate of drug-likeness (QED) is 0.944. The molecule has 7 heteroatoms. The van der Waals surface area contributed by atoms with Crippen molar-refractivity contribution >= 4 is 29.1 Å². The molecule has 1 aromatic carbocycles. The minimum Gasteiger partial charge on any atom is -0.480 e. The summed E-state index contributed by atoms with van der Waals surface area (Å²) in [4.78, 5) is 19.3. The molecule has 0 saturated heterocycles. The van der Waals surface area contributed by atoms with Gasteiger partial charge < -0.3 is 10.5 Å². The Hall–Kier alpha value is -1.85. The first-order valence-electron chi connectivity index (χ1n) is 5.19. The first-order valence-corrected chi connectivity index (χ1v) is 5.95. The van der Waals surface area contributed by atoms with E-state index >= 15 is 0 Å². The fourth-order valence-electron chi connectivity index (χ4n) is 1.50. The Kier molecular flexibility index (Phi) is 3.87. The molecule has 0 unspecified atom stereocenters. The summed E-state index contributed by atoms with van der Waals surface area (Å²) in [6, 6.07) is 5.09. The Bertz CT molecular complexity index is 647. The average molecular weight is 298 g/mol. The Morgan fingerprint density at radius 1 is 1.37 bits per heavy atom. The summed E-state index contributed by atoms with van der Waals surface area (Å²) in [7, 11) is 1.39. The highest BCUT2D eigenvalue weighted by Crippen LogP contribution is 2.32. The predicted molar refractivity (Wildman–Crippen MR) is 72.6 cm³/mol. The summed E-state index contributed by atoms with van der Waals surface area (Å²) in [6.07, 6.45) is 1.29. The number of primary amides is 1. The van der Waals surface area contributed by atoms with E-state index in [2.05, 4.69) is 9.97 Å². The van der Waals surface area contributed by atoms with Gasteiger partial charge in [-0.3, -0.25) is 4.79 Å². The third kappa shape index (κ3) is 2.62. The van der Waals surface area contributed by atoms with E-state index in [1.807, 2.05) is 0 Å². The minimum absolute atomic E-state index is 0.0912. The second kappa shape index (κ2) is 5.42. The second-order valence-corrected chi connectivity index (χ2v) is 4.37. The number of aromatic nitrogens is 2. The smallest absolute Gasteiger partial charge is 0.255 e. The lowest BCUT2D eigenvalue weighted by molar-refractivity contribution is 0.0996. The van der Waals surface area contributed by atoms with Crippen molar-refractivity contribution in [3.63, 3.8) is 0 Å². The largest absolute Gasteiger partial charge is 0.480 e. The number of nitrogens with zero attached hydrogens (tertiary/aromatic N) is 2. The van der Waals surface area contributed by atoms with Gasteiger partial charge in [0.25, 0.3) is 5.91 Å². The number of hydrogen-bond acceptors (Lipinski definition) is 4. The third-order valence-electron chi connectivity index (χ3n) is 2.41. The summed E-state index contributed by atoms with van der Waals surface area (Å²) in [5.41, 5.74) is 5.83. The number of benzene rings is 1. The lowest BCUT2D eigenvalue weighted by Gasteiger charge is -2.08. The van der Waals surface area contributed by atoms with Crippen LogP contribution in [0.1, 0.15) is 10.4 Å². The molecule has 2 rings (SSSR count). The number of carbonyl (C=O) groups excluding carboxylic acids is 1. The second-order valence-electron chi connectivity index (χ2n) is 3.58. The van der Waals surface area contributed by atoms with Crippen LogP contribution in [0.4, 0.5) is 0 Å². The normalized spacial score (nSPS) is 10.3. The molecular weight excluding hydrogens is 289 g/mol. The summed E-state index contributed by atoms with van der Waals surface area (Å²) < 4.78 is 5.01. The van der Waals surface area contributed by atoms with Gasteiger partial charge in [-0.05, 0) is 12.1 Å². The molecule has 2 N–H and O–H groups in total. The third-order valence-corrected chi connectivity index (χ3v) is 3.22. The van der Waals surface area contributed by atoms with Gasteiger partial charge in [-0.1, -0.05) is 29.3 Å². The lowest BCUT2D eigenvalue weighted by atomic mass is 10.2. The average Bonchev–Trinajstić information content (AvgIpc) is 2.41. The molecule has 0 aliphatic carbocycles. The highest BCUT2D eigenvalue weighted by atomic mass is 35.5. The molecule has 1 heterocycles. The van der Waals surface area contributed by atoms with E-state index in [4.69, 9.17) is 33.7 Å². The van der Waals surface area contributed by atoms with E-state index in [1.54, 1.807) is 18.2 Å².